The molecule has 0 saturated carbocycles. The van der Waals surface area contributed by atoms with Gasteiger partial charge in [0.25, 0.3) is 0 Å². The second-order valence-electron chi connectivity index (χ2n) is 1.51. The van der Waals surface area contributed by atoms with Gasteiger partial charge < -0.3 is 4.74 Å². The molecule has 0 aliphatic heterocycles. The first-order chi connectivity index (χ1) is 3.81. The minimum atomic E-state index is 0.132. The average Bonchev–Trinajstić information content (AvgIpc) is 1.83. The molecule has 0 amide bonds. The molecule has 0 radical (unpaired) electrons. The van der Waals surface area contributed by atoms with Crippen molar-refractivity contribution in [3.8, 4) is 0 Å². The Kier molecular flexibility index (Phi) is 4.87. The van der Waals surface area contributed by atoms with Gasteiger partial charge in [-0.15, -0.1) is 11.6 Å². The van der Waals surface area contributed by atoms with E-state index >= 15 is 0 Å². The Morgan fingerprint density at radius 2 is 2.50 bits per heavy atom. The van der Waals surface area contributed by atoms with Crippen molar-refractivity contribution in [3.05, 3.63) is 12.8 Å². The SMILES string of the molecule is C=COCC(Cl)CC. The summed E-state index contributed by atoms with van der Waals surface area (Å²) in [5, 5.41) is 0.132. The van der Waals surface area contributed by atoms with Gasteiger partial charge in [0.15, 0.2) is 0 Å². The van der Waals surface area contributed by atoms with Crippen LogP contribution in [0.2, 0.25) is 0 Å². The fourth-order valence-corrected chi connectivity index (χ4v) is 0.363. The van der Waals surface area contributed by atoms with Crippen LogP contribution in [0.3, 0.4) is 0 Å². The van der Waals surface area contributed by atoms with E-state index in [0.29, 0.717) is 6.61 Å². The third-order valence-corrected chi connectivity index (χ3v) is 1.27. The number of hydrogen-bond donors (Lipinski definition) is 0. The molecule has 2 heteroatoms. The Hall–Kier alpha value is -0.170. The fraction of sp³-hybridized carbons (Fsp3) is 0.667. The number of hydrogen-bond acceptors (Lipinski definition) is 1. The van der Waals surface area contributed by atoms with E-state index in [9.17, 15) is 0 Å². The van der Waals surface area contributed by atoms with Gasteiger partial charge in [-0.3, -0.25) is 0 Å². The lowest BCUT2D eigenvalue weighted by molar-refractivity contribution is 0.248. The summed E-state index contributed by atoms with van der Waals surface area (Å²) < 4.78 is 4.82. The quantitative estimate of drug-likeness (QED) is 0.423. The molecule has 8 heavy (non-hydrogen) atoms. The van der Waals surface area contributed by atoms with Crippen LogP contribution >= 0.6 is 11.6 Å². The number of alkyl halides is 1. The van der Waals surface area contributed by atoms with E-state index < -0.39 is 0 Å². The Labute approximate surface area is 55.3 Å². The van der Waals surface area contributed by atoms with Gasteiger partial charge in [0.2, 0.25) is 0 Å². The minimum absolute atomic E-state index is 0.132. The first-order valence-electron chi connectivity index (χ1n) is 2.67. The topological polar surface area (TPSA) is 9.23 Å². The second-order valence-corrected chi connectivity index (χ2v) is 2.12. The number of ether oxygens (including phenoxy) is 1. The van der Waals surface area contributed by atoms with Crippen LogP contribution in [0.1, 0.15) is 13.3 Å². The first-order valence-corrected chi connectivity index (χ1v) is 3.11. The molecule has 1 unspecified atom stereocenters. The van der Waals surface area contributed by atoms with Crippen LogP contribution < -0.4 is 0 Å². The van der Waals surface area contributed by atoms with Crippen LogP contribution in [0.25, 0.3) is 0 Å². The van der Waals surface area contributed by atoms with Crippen molar-refractivity contribution < 1.29 is 4.74 Å². The lowest BCUT2D eigenvalue weighted by Crippen LogP contribution is -2.03. The van der Waals surface area contributed by atoms with Gasteiger partial charge in [0, 0.05) is 0 Å². The Morgan fingerprint density at radius 3 is 2.88 bits per heavy atom. The van der Waals surface area contributed by atoms with Crippen LogP contribution in [0, 0.1) is 0 Å². The molecule has 1 nitrogen and oxygen atoms in total. The van der Waals surface area contributed by atoms with Crippen molar-refractivity contribution in [2.75, 3.05) is 6.61 Å². The summed E-state index contributed by atoms with van der Waals surface area (Å²) in [5.74, 6) is 0. The van der Waals surface area contributed by atoms with E-state index in [1.54, 1.807) is 0 Å². The molecule has 1 atom stereocenters. The average molecular weight is 135 g/mol. The third-order valence-electron chi connectivity index (χ3n) is 0.838. The van der Waals surface area contributed by atoms with Crippen molar-refractivity contribution >= 4 is 11.6 Å². The zero-order valence-electron chi connectivity index (χ0n) is 5.06. The maximum atomic E-state index is 5.67. The van der Waals surface area contributed by atoms with Gasteiger partial charge in [0.1, 0.15) is 6.61 Å². The van der Waals surface area contributed by atoms with Crippen molar-refractivity contribution in [1.29, 1.82) is 0 Å². The van der Waals surface area contributed by atoms with E-state index in [1.165, 1.54) is 6.26 Å². The fourth-order valence-electron chi connectivity index (χ4n) is 0.290. The summed E-state index contributed by atoms with van der Waals surface area (Å²) in [6, 6.07) is 0. The monoisotopic (exact) mass is 134 g/mol. The second kappa shape index (κ2) is 4.98. The molecule has 0 bridgehead atoms. The first kappa shape index (κ1) is 7.83. The Balaban J connectivity index is 2.97. The highest BCUT2D eigenvalue weighted by Crippen LogP contribution is 2.00. The molecule has 0 aliphatic rings. The van der Waals surface area contributed by atoms with E-state index in [4.69, 9.17) is 16.3 Å². The Morgan fingerprint density at radius 1 is 1.88 bits per heavy atom. The zero-order valence-corrected chi connectivity index (χ0v) is 5.82. The van der Waals surface area contributed by atoms with E-state index in [0.717, 1.165) is 6.42 Å². The smallest absolute Gasteiger partial charge is 0.104 e. The molecule has 0 spiro atoms. The Bertz CT molecular complexity index is 63.5. The molecule has 0 aromatic carbocycles. The van der Waals surface area contributed by atoms with Crippen molar-refractivity contribution in [3.63, 3.8) is 0 Å². The van der Waals surface area contributed by atoms with Gasteiger partial charge in [0.05, 0.1) is 11.6 Å². The molecule has 0 aliphatic carbocycles. The summed E-state index contributed by atoms with van der Waals surface area (Å²) >= 11 is 5.67. The zero-order chi connectivity index (χ0) is 6.41. The molecule has 48 valence electrons. The highest BCUT2D eigenvalue weighted by atomic mass is 35.5. The van der Waals surface area contributed by atoms with Crippen LogP contribution in [-0.2, 0) is 4.74 Å². The predicted octanol–water partition coefficient (Wildman–Crippen LogP) is 2.16. The van der Waals surface area contributed by atoms with Gasteiger partial charge in [-0.05, 0) is 6.42 Å². The summed E-state index contributed by atoms with van der Waals surface area (Å²) in [4.78, 5) is 0. The molecule has 0 aromatic heterocycles. The van der Waals surface area contributed by atoms with Gasteiger partial charge in [-0.2, -0.15) is 0 Å². The van der Waals surface area contributed by atoms with Gasteiger partial charge in [-0.1, -0.05) is 13.5 Å². The maximum Gasteiger partial charge on any atom is 0.104 e. The maximum absolute atomic E-state index is 5.67. The van der Waals surface area contributed by atoms with Crippen LogP contribution in [0.4, 0.5) is 0 Å². The molecule has 0 heterocycles. The highest BCUT2D eigenvalue weighted by molar-refractivity contribution is 6.20. The number of halogens is 1. The van der Waals surface area contributed by atoms with Crippen LogP contribution in [0.5, 0.6) is 0 Å². The van der Waals surface area contributed by atoms with E-state index in [1.807, 2.05) is 6.92 Å². The standard InChI is InChI=1S/C6H11ClO/c1-3-6(7)5-8-4-2/h4,6H,2-3,5H2,1H3. The summed E-state index contributed by atoms with van der Waals surface area (Å²) in [7, 11) is 0. The van der Waals surface area contributed by atoms with Gasteiger partial charge >= 0.3 is 0 Å². The van der Waals surface area contributed by atoms with E-state index in [-0.39, 0.29) is 5.38 Å². The predicted molar refractivity (Wildman–Crippen MR) is 36.1 cm³/mol. The lowest BCUT2D eigenvalue weighted by Gasteiger charge is -2.03. The van der Waals surface area contributed by atoms with Crippen molar-refractivity contribution in [2.45, 2.75) is 18.7 Å². The minimum Gasteiger partial charge on any atom is -0.500 e. The van der Waals surface area contributed by atoms with Crippen LogP contribution in [-0.4, -0.2) is 12.0 Å². The third kappa shape index (κ3) is 4.00. The summed E-state index contributed by atoms with van der Waals surface area (Å²) in [5.41, 5.74) is 0. The number of rotatable bonds is 4. The molecule has 0 N–H and O–H groups in total. The molecular weight excluding hydrogens is 124 g/mol. The summed E-state index contributed by atoms with van der Waals surface area (Å²) in [6.45, 7) is 5.98. The molecule has 0 saturated heterocycles. The lowest BCUT2D eigenvalue weighted by atomic mass is 10.3. The largest absolute Gasteiger partial charge is 0.500 e. The summed E-state index contributed by atoms with van der Waals surface area (Å²) in [6.07, 6.45) is 2.35. The highest BCUT2D eigenvalue weighted by Gasteiger charge is 1.97. The molecule has 0 fully saturated rings. The van der Waals surface area contributed by atoms with Crippen LogP contribution in [0.15, 0.2) is 12.8 Å². The normalized spacial score (nSPS) is 12.8. The molecular formula is C6H11ClO. The van der Waals surface area contributed by atoms with Crippen molar-refractivity contribution in [2.24, 2.45) is 0 Å². The van der Waals surface area contributed by atoms with E-state index in [2.05, 4.69) is 6.58 Å². The van der Waals surface area contributed by atoms with Gasteiger partial charge in [-0.25, -0.2) is 0 Å². The molecule has 0 aromatic rings. The van der Waals surface area contributed by atoms with Crippen molar-refractivity contribution in [1.82, 2.24) is 0 Å². The molecule has 0 rings (SSSR count).